The average Bonchev–Trinajstić information content (AvgIpc) is 3.05. The van der Waals surface area contributed by atoms with Gasteiger partial charge >= 0.3 is 0 Å². The highest BCUT2D eigenvalue weighted by Crippen LogP contribution is 2.68. The van der Waals surface area contributed by atoms with Crippen LogP contribution >= 0.6 is 0 Å². The minimum atomic E-state index is -0.397. The van der Waals surface area contributed by atoms with E-state index in [1.807, 2.05) is 0 Å². The third-order valence-electron chi connectivity index (χ3n) is 7.42. The molecular weight excluding hydrogens is 306 g/mol. The van der Waals surface area contributed by atoms with Crippen molar-refractivity contribution in [2.75, 3.05) is 0 Å². The highest BCUT2D eigenvalue weighted by Gasteiger charge is 2.66. The third kappa shape index (κ3) is 2.12. The molecule has 1 aromatic carbocycles. The second-order valence-corrected chi connectivity index (χ2v) is 9.52. The van der Waals surface area contributed by atoms with E-state index in [-0.39, 0.29) is 16.7 Å². The standard InChI is InChI=1S/C23H30NO/c1-5-15-11-16-13-17(21(2,3)4)14-19(18(16)12-15)22-7-6-8-23(22,10-9-22)20(24)25/h11,13-14,24H,5-10,12H2,1-4H3. The second-order valence-electron chi connectivity index (χ2n) is 9.52. The lowest BCUT2D eigenvalue weighted by Gasteiger charge is -2.55. The van der Waals surface area contributed by atoms with E-state index in [2.05, 4.69) is 45.9 Å². The Morgan fingerprint density at radius 1 is 1.16 bits per heavy atom. The van der Waals surface area contributed by atoms with E-state index in [0.717, 1.165) is 44.9 Å². The smallest absolute Gasteiger partial charge is 0.245 e. The highest BCUT2D eigenvalue weighted by atomic mass is 16.1. The van der Waals surface area contributed by atoms with Crippen molar-refractivity contribution in [3.63, 3.8) is 0 Å². The van der Waals surface area contributed by atoms with Gasteiger partial charge in [-0.15, -0.1) is 0 Å². The molecule has 2 saturated carbocycles. The molecule has 0 aromatic heterocycles. The number of carbonyl (C=O) groups is 1. The Morgan fingerprint density at radius 2 is 1.92 bits per heavy atom. The molecule has 1 aromatic rings. The van der Waals surface area contributed by atoms with E-state index in [1.165, 1.54) is 27.8 Å². The highest BCUT2D eigenvalue weighted by molar-refractivity contribution is 5.85. The van der Waals surface area contributed by atoms with Crippen molar-refractivity contribution in [3.8, 4) is 0 Å². The first kappa shape index (κ1) is 16.9. The average molecular weight is 336 g/mol. The summed E-state index contributed by atoms with van der Waals surface area (Å²) in [5.74, 6) is -0.312. The van der Waals surface area contributed by atoms with Gasteiger partial charge in [0.05, 0.1) is 5.41 Å². The molecule has 2 heteroatoms. The minimum absolute atomic E-state index is 0.0613. The Kier molecular flexibility index (Phi) is 3.52. The number of hydrogen-bond donors (Lipinski definition) is 0. The van der Waals surface area contributed by atoms with Crippen LogP contribution in [0.2, 0.25) is 0 Å². The summed E-state index contributed by atoms with van der Waals surface area (Å²) in [6, 6.07) is 4.78. The summed E-state index contributed by atoms with van der Waals surface area (Å²) in [7, 11) is 0. The molecule has 2 unspecified atom stereocenters. The van der Waals surface area contributed by atoms with Gasteiger partial charge in [0, 0.05) is 5.41 Å². The van der Waals surface area contributed by atoms with Crippen molar-refractivity contribution < 1.29 is 4.79 Å². The largest absolute Gasteiger partial charge is 0.273 e. The van der Waals surface area contributed by atoms with Crippen LogP contribution < -0.4 is 5.73 Å². The van der Waals surface area contributed by atoms with Gasteiger partial charge in [-0.2, -0.15) is 0 Å². The first-order valence-corrected chi connectivity index (χ1v) is 9.87. The fraction of sp³-hybridized carbons (Fsp3) is 0.609. The SMILES string of the molecule is CCC1=Cc2cc(C(C)(C)C)cc(C34CCCC3(C([NH])=O)CC4)c2C1. The van der Waals surface area contributed by atoms with Crippen molar-refractivity contribution in [2.24, 2.45) is 5.41 Å². The minimum Gasteiger partial charge on any atom is -0.273 e. The van der Waals surface area contributed by atoms with Crippen LogP contribution in [0, 0.1) is 5.41 Å². The lowest BCUT2D eigenvalue weighted by molar-refractivity contribution is -0.139. The normalized spacial score (nSPS) is 30.5. The molecule has 2 fully saturated rings. The Balaban J connectivity index is 1.92. The van der Waals surface area contributed by atoms with Crippen LogP contribution in [0.15, 0.2) is 17.7 Å². The summed E-state index contributed by atoms with van der Waals surface area (Å²) in [6.07, 6.45) is 9.59. The van der Waals surface area contributed by atoms with Gasteiger partial charge < -0.3 is 0 Å². The van der Waals surface area contributed by atoms with Crippen LogP contribution in [0.1, 0.15) is 88.5 Å². The predicted octanol–water partition coefficient (Wildman–Crippen LogP) is 5.35. The second kappa shape index (κ2) is 5.22. The summed E-state index contributed by atoms with van der Waals surface area (Å²) in [5, 5.41) is 0. The van der Waals surface area contributed by atoms with E-state index in [1.54, 1.807) is 0 Å². The zero-order valence-corrected chi connectivity index (χ0v) is 16.1. The molecule has 2 atom stereocenters. The summed E-state index contributed by atoms with van der Waals surface area (Å²) in [6.45, 7) is 9.05. The topological polar surface area (TPSA) is 40.9 Å². The number of benzene rings is 1. The fourth-order valence-corrected chi connectivity index (χ4v) is 5.73. The number of nitrogens with one attached hydrogen (secondary N) is 1. The predicted molar refractivity (Wildman–Crippen MR) is 102 cm³/mol. The number of hydrogen-bond acceptors (Lipinski definition) is 1. The van der Waals surface area contributed by atoms with Gasteiger partial charge in [-0.1, -0.05) is 57.9 Å². The Bertz CT molecular complexity index is 782. The van der Waals surface area contributed by atoms with Gasteiger partial charge in [-0.3, -0.25) is 10.5 Å². The number of fused-ring (bicyclic) bond motifs is 2. The number of rotatable bonds is 3. The summed E-state index contributed by atoms with van der Waals surface area (Å²) < 4.78 is 0. The molecule has 0 saturated heterocycles. The van der Waals surface area contributed by atoms with Gasteiger partial charge in [0.1, 0.15) is 0 Å². The molecule has 0 heterocycles. The van der Waals surface area contributed by atoms with Crippen LogP contribution in [0.25, 0.3) is 6.08 Å². The first-order valence-electron chi connectivity index (χ1n) is 9.87. The summed E-state index contributed by atoms with van der Waals surface area (Å²) in [4.78, 5) is 12.4. The van der Waals surface area contributed by atoms with Gasteiger partial charge in [0.2, 0.25) is 5.91 Å². The molecule has 2 nitrogen and oxygen atoms in total. The van der Waals surface area contributed by atoms with E-state index < -0.39 is 5.41 Å². The van der Waals surface area contributed by atoms with Crippen LogP contribution in [0.4, 0.5) is 0 Å². The van der Waals surface area contributed by atoms with E-state index >= 15 is 0 Å². The van der Waals surface area contributed by atoms with Gasteiger partial charge in [0.15, 0.2) is 0 Å². The lowest BCUT2D eigenvalue weighted by atomic mass is 9.47. The van der Waals surface area contributed by atoms with E-state index in [0.29, 0.717) is 0 Å². The van der Waals surface area contributed by atoms with Crippen LogP contribution in [-0.4, -0.2) is 5.91 Å². The molecule has 3 aliphatic carbocycles. The van der Waals surface area contributed by atoms with Crippen molar-refractivity contribution >= 4 is 12.0 Å². The van der Waals surface area contributed by atoms with Crippen LogP contribution in [0.3, 0.4) is 0 Å². The molecule has 0 spiro atoms. The van der Waals surface area contributed by atoms with Crippen LogP contribution in [-0.2, 0) is 22.0 Å². The quantitative estimate of drug-likeness (QED) is 0.734. The maximum atomic E-state index is 12.4. The molecule has 0 bridgehead atoms. The maximum Gasteiger partial charge on any atom is 0.245 e. The van der Waals surface area contributed by atoms with Crippen molar-refractivity contribution in [1.29, 1.82) is 0 Å². The van der Waals surface area contributed by atoms with Gasteiger partial charge in [0.25, 0.3) is 0 Å². The lowest BCUT2D eigenvalue weighted by Crippen LogP contribution is -2.56. The molecule has 0 aliphatic heterocycles. The van der Waals surface area contributed by atoms with Gasteiger partial charge in [-0.05, 0) is 66.2 Å². The maximum absolute atomic E-state index is 12.4. The Hall–Kier alpha value is -1.57. The number of carbonyl (C=O) groups excluding carboxylic acids is 1. The van der Waals surface area contributed by atoms with Crippen LogP contribution in [0.5, 0.6) is 0 Å². The molecule has 133 valence electrons. The molecule has 4 rings (SSSR count). The Morgan fingerprint density at radius 3 is 2.48 bits per heavy atom. The summed E-state index contributed by atoms with van der Waals surface area (Å²) >= 11 is 0. The third-order valence-corrected chi connectivity index (χ3v) is 7.42. The van der Waals surface area contributed by atoms with Crippen molar-refractivity contribution in [1.82, 2.24) is 5.73 Å². The molecule has 1 radical (unpaired) electrons. The first-order chi connectivity index (χ1) is 11.7. The van der Waals surface area contributed by atoms with E-state index in [4.69, 9.17) is 5.73 Å². The van der Waals surface area contributed by atoms with E-state index in [9.17, 15) is 4.79 Å². The number of amides is 1. The van der Waals surface area contributed by atoms with Gasteiger partial charge in [-0.25, -0.2) is 0 Å². The van der Waals surface area contributed by atoms with Crippen molar-refractivity contribution in [2.45, 2.75) is 83.5 Å². The molecular formula is C23H30NO. The number of allylic oxidation sites excluding steroid dienone is 1. The monoisotopic (exact) mass is 336 g/mol. The zero-order chi connectivity index (χ0) is 18.0. The Labute approximate surface area is 151 Å². The summed E-state index contributed by atoms with van der Waals surface area (Å²) in [5.41, 5.74) is 14.8. The molecule has 1 N–H and O–H groups in total. The molecule has 25 heavy (non-hydrogen) atoms. The van der Waals surface area contributed by atoms with Crippen molar-refractivity contribution in [3.05, 3.63) is 40.0 Å². The molecule has 1 amide bonds. The zero-order valence-electron chi connectivity index (χ0n) is 16.1. The fourth-order valence-electron chi connectivity index (χ4n) is 5.73. The molecule has 3 aliphatic rings.